The summed E-state index contributed by atoms with van der Waals surface area (Å²) in [7, 11) is 2.91. The number of carbonyl (C=O) groups is 1. The van der Waals surface area contributed by atoms with Gasteiger partial charge < -0.3 is 25.2 Å². The summed E-state index contributed by atoms with van der Waals surface area (Å²) in [5.74, 6) is -2.40. The number of nitrogens with one attached hydrogen (secondary N) is 1. The fraction of sp³-hybridized carbons (Fsp3) is 0.143. The first-order chi connectivity index (χ1) is 14.9. The molecule has 33 heavy (non-hydrogen) atoms. The van der Waals surface area contributed by atoms with Gasteiger partial charge >= 0.3 is 0 Å². The molecular weight excluding hydrogens is 463 g/mol. The van der Waals surface area contributed by atoms with Crippen molar-refractivity contribution < 1.29 is 38.4 Å². The topological polar surface area (TPSA) is 127 Å². The van der Waals surface area contributed by atoms with Gasteiger partial charge in [-0.2, -0.15) is 4.98 Å². The van der Waals surface area contributed by atoms with Crippen molar-refractivity contribution in [1.29, 1.82) is 0 Å². The molecule has 2 aromatic carbocycles. The molecular formula is C21H24F3N3O5S. The third kappa shape index (κ3) is 7.56. The summed E-state index contributed by atoms with van der Waals surface area (Å²) in [6.45, 7) is 1.75. The molecule has 0 atom stereocenters. The summed E-state index contributed by atoms with van der Waals surface area (Å²) in [4.78, 5) is 12.7. The van der Waals surface area contributed by atoms with E-state index < -0.39 is 17.5 Å². The fourth-order valence-electron chi connectivity index (χ4n) is 2.67. The number of thiol groups is 1. The molecule has 12 heteroatoms. The van der Waals surface area contributed by atoms with E-state index in [1.54, 1.807) is 36.4 Å². The zero-order chi connectivity index (χ0) is 23.0. The number of ether oxygens (including phenoxy) is 2. The van der Waals surface area contributed by atoms with Crippen molar-refractivity contribution in [3.63, 3.8) is 0 Å². The molecule has 1 aromatic heterocycles. The molecule has 1 heterocycles. The van der Waals surface area contributed by atoms with Crippen LogP contribution in [0.1, 0.15) is 5.56 Å². The first kappa shape index (κ1) is 29.5. The van der Waals surface area contributed by atoms with E-state index in [0.29, 0.717) is 28.4 Å². The van der Waals surface area contributed by atoms with Gasteiger partial charge in [-0.3, -0.25) is 10.4 Å². The van der Waals surface area contributed by atoms with Crippen molar-refractivity contribution in [3.05, 3.63) is 71.5 Å². The monoisotopic (exact) mass is 487 g/mol. The van der Waals surface area contributed by atoms with Crippen LogP contribution in [0.2, 0.25) is 0 Å². The highest BCUT2D eigenvalue weighted by Crippen LogP contribution is 2.29. The fourth-order valence-corrected chi connectivity index (χ4v) is 2.95. The van der Waals surface area contributed by atoms with E-state index in [0.717, 1.165) is 0 Å². The minimum Gasteiger partial charge on any atom is -0.481 e. The Morgan fingerprint density at radius 2 is 1.48 bits per heavy atom. The highest BCUT2D eigenvalue weighted by Gasteiger charge is 2.18. The lowest BCUT2D eigenvalue weighted by Gasteiger charge is -2.28. The summed E-state index contributed by atoms with van der Waals surface area (Å²) >= 11 is 4.42. The SMILES string of the molecule is C=O.COc1cc(NN(Cc2c(F)cc(F)cc2F)c2ccccc2S)cc(OC)n1.O.O. The maximum absolute atomic E-state index is 14.3. The van der Waals surface area contributed by atoms with Crippen LogP contribution in [0.5, 0.6) is 11.8 Å². The predicted molar refractivity (Wildman–Crippen MR) is 122 cm³/mol. The Bertz CT molecular complexity index is 1000. The zero-order valence-corrected chi connectivity index (χ0v) is 18.6. The molecule has 0 saturated carbocycles. The number of para-hydroxylation sites is 1. The molecule has 0 aliphatic carbocycles. The number of rotatable bonds is 7. The molecule has 8 nitrogen and oxygen atoms in total. The number of halogens is 3. The quantitative estimate of drug-likeness (QED) is 0.390. The number of aromatic nitrogens is 1. The maximum atomic E-state index is 14.3. The van der Waals surface area contributed by atoms with Crippen LogP contribution in [-0.2, 0) is 11.3 Å². The number of anilines is 2. The Kier molecular flexibility index (Phi) is 12.4. The number of nitrogens with zero attached hydrogens (tertiary/aromatic N) is 2. The molecule has 3 aromatic rings. The smallest absolute Gasteiger partial charge is 0.218 e. The van der Waals surface area contributed by atoms with Gasteiger partial charge in [0.2, 0.25) is 11.8 Å². The highest BCUT2D eigenvalue weighted by molar-refractivity contribution is 7.80. The van der Waals surface area contributed by atoms with E-state index in [4.69, 9.17) is 14.3 Å². The van der Waals surface area contributed by atoms with Gasteiger partial charge in [-0.1, -0.05) is 12.1 Å². The molecule has 0 amide bonds. The van der Waals surface area contributed by atoms with Gasteiger partial charge in [0.25, 0.3) is 0 Å². The summed E-state index contributed by atoms with van der Waals surface area (Å²) in [6.07, 6.45) is 0. The van der Waals surface area contributed by atoms with Crippen molar-refractivity contribution >= 4 is 30.8 Å². The number of hydrogen-bond donors (Lipinski definition) is 2. The number of benzene rings is 2. The molecule has 0 unspecified atom stereocenters. The van der Waals surface area contributed by atoms with Crippen LogP contribution >= 0.6 is 12.6 Å². The molecule has 0 fully saturated rings. The number of pyridine rings is 1. The van der Waals surface area contributed by atoms with Gasteiger partial charge in [0.1, 0.15) is 24.2 Å². The van der Waals surface area contributed by atoms with Crippen LogP contribution in [0.3, 0.4) is 0 Å². The Morgan fingerprint density at radius 1 is 0.970 bits per heavy atom. The molecule has 3 rings (SSSR count). The minimum absolute atomic E-state index is 0. The van der Waals surface area contributed by atoms with Gasteiger partial charge in [-0.05, 0) is 12.1 Å². The second kappa shape index (κ2) is 13.8. The second-order valence-corrected chi connectivity index (χ2v) is 6.46. The van der Waals surface area contributed by atoms with Gasteiger partial charge in [-0.25, -0.2) is 13.2 Å². The summed E-state index contributed by atoms with van der Waals surface area (Å²) in [5, 5.41) is 1.48. The Hall–Kier alpha value is -3.48. The van der Waals surface area contributed by atoms with E-state index in [1.807, 2.05) is 6.79 Å². The number of hydrazine groups is 1. The van der Waals surface area contributed by atoms with Gasteiger partial charge in [0.05, 0.1) is 32.1 Å². The Morgan fingerprint density at radius 3 is 1.97 bits per heavy atom. The number of hydrogen-bond acceptors (Lipinski definition) is 7. The summed E-state index contributed by atoms with van der Waals surface area (Å²) in [6, 6.07) is 11.5. The first-order valence-corrected chi connectivity index (χ1v) is 9.20. The first-order valence-electron chi connectivity index (χ1n) is 8.75. The molecule has 180 valence electrons. The van der Waals surface area contributed by atoms with Crippen molar-refractivity contribution in [3.8, 4) is 11.8 Å². The van der Waals surface area contributed by atoms with Gasteiger partial charge in [0.15, 0.2) is 0 Å². The van der Waals surface area contributed by atoms with Crippen molar-refractivity contribution in [2.45, 2.75) is 11.4 Å². The molecule has 0 bridgehead atoms. The third-order valence-electron chi connectivity index (χ3n) is 4.06. The van der Waals surface area contributed by atoms with Crippen molar-refractivity contribution in [2.75, 3.05) is 24.7 Å². The van der Waals surface area contributed by atoms with Crippen LogP contribution in [0.25, 0.3) is 0 Å². The van der Waals surface area contributed by atoms with Crippen molar-refractivity contribution in [1.82, 2.24) is 4.98 Å². The Labute approximate surface area is 194 Å². The normalized spacial score (nSPS) is 9.39. The summed E-state index contributed by atoms with van der Waals surface area (Å²) < 4.78 is 52.1. The third-order valence-corrected chi connectivity index (χ3v) is 4.43. The number of methoxy groups -OCH3 is 2. The van der Waals surface area contributed by atoms with E-state index in [1.165, 1.54) is 19.2 Å². The van der Waals surface area contributed by atoms with Crippen molar-refractivity contribution in [2.24, 2.45) is 0 Å². The van der Waals surface area contributed by atoms with E-state index in [2.05, 4.69) is 23.0 Å². The highest BCUT2D eigenvalue weighted by atomic mass is 32.1. The Balaban J connectivity index is 0.00000249. The number of carbonyl (C=O) groups excluding carboxylic acids is 1. The van der Waals surface area contributed by atoms with Crippen LogP contribution in [0.15, 0.2) is 53.4 Å². The largest absolute Gasteiger partial charge is 0.481 e. The molecule has 0 aliphatic rings. The molecule has 5 N–H and O–H groups in total. The molecule has 0 aliphatic heterocycles. The average Bonchev–Trinajstić information content (AvgIpc) is 2.76. The maximum Gasteiger partial charge on any atom is 0.218 e. The molecule has 0 saturated heterocycles. The minimum atomic E-state index is -0.990. The lowest BCUT2D eigenvalue weighted by Crippen LogP contribution is -2.30. The zero-order valence-electron chi connectivity index (χ0n) is 17.7. The lowest BCUT2D eigenvalue weighted by molar-refractivity contribution is -0.0980. The molecule has 0 radical (unpaired) electrons. The lowest BCUT2D eigenvalue weighted by atomic mass is 10.1. The molecule has 0 spiro atoms. The van der Waals surface area contributed by atoms with Crippen LogP contribution in [0.4, 0.5) is 24.5 Å². The second-order valence-electron chi connectivity index (χ2n) is 5.98. The van der Waals surface area contributed by atoms with E-state index in [-0.39, 0.29) is 34.8 Å². The van der Waals surface area contributed by atoms with Gasteiger partial charge in [-0.15, -0.1) is 12.6 Å². The predicted octanol–water partition coefficient (Wildman–Crippen LogP) is 3.00. The van der Waals surface area contributed by atoms with Crippen LogP contribution in [-0.4, -0.2) is 36.9 Å². The van der Waals surface area contributed by atoms with E-state index in [9.17, 15) is 13.2 Å². The van der Waals surface area contributed by atoms with Gasteiger partial charge in [0, 0.05) is 34.7 Å². The van der Waals surface area contributed by atoms with Crippen LogP contribution in [0, 0.1) is 17.5 Å². The van der Waals surface area contributed by atoms with Crippen LogP contribution < -0.4 is 19.9 Å². The standard InChI is InChI=1S/C20H18F3N3O2S.CH2O.2H2O/c1-27-19-9-13(10-20(24-19)28-2)25-26(17-5-3-4-6-18(17)29)11-14-15(22)7-12(21)8-16(14)23;1-2;;/h3-10,29H,11H2,1-2H3,(H,24,25);1H2;2*1H2. The summed E-state index contributed by atoms with van der Waals surface area (Å²) in [5.41, 5.74) is 3.80. The average molecular weight is 488 g/mol. The van der Waals surface area contributed by atoms with E-state index >= 15 is 0 Å².